The van der Waals surface area contributed by atoms with E-state index in [-0.39, 0.29) is 11.8 Å². The van der Waals surface area contributed by atoms with Gasteiger partial charge in [-0.2, -0.15) is 0 Å². The van der Waals surface area contributed by atoms with E-state index in [1.807, 2.05) is 0 Å². The molecule has 1 aliphatic rings. The molecule has 6 nitrogen and oxygen atoms in total. The summed E-state index contributed by atoms with van der Waals surface area (Å²) in [5.41, 5.74) is 2.42. The van der Waals surface area contributed by atoms with E-state index in [9.17, 15) is 4.79 Å². The molecule has 1 aromatic carbocycles. The highest BCUT2D eigenvalue weighted by molar-refractivity contribution is 5.84. The molecule has 23 heavy (non-hydrogen) atoms. The Labute approximate surface area is 134 Å². The highest BCUT2D eigenvalue weighted by Crippen LogP contribution is 2.22. The molecule has 120 valence electrons. The molecule has 0 radical (unpaired) electrons. The van der Waals surface area contributed by atoms with E-state index in [1.165, 1.54) is 23.6 Å². The number of carboxylic acid groups (broad SMARTS) is 1. The molecule has 1 saturated heterocycles. The Morgan fingerprint density at radius 2 is 1.87 bits per heavy atom. The molecule has 1 N–H and O–H groups in total. The van der Waals surface area contributed by atoms with Crippen molar-refractivity contribution in [3.63, 3.8) is 0 Å². The lowest BCUT2D eigenvalue weighted by Gasteiger charge is -2.33. The van der Waals surface area contributed by atoms with Gasteiger partial charge in [-0.3, -0.25) is 0 Å². The van der Waals surface area contributed by atoms with Crippen molar-refractivity contribution in [1.29, 1.82) is 0 Å². The molecule has 0 saturated carbocycles. The average molecular weight is 313 g/mol. The third-order valence-electron chi connectivity index (χ3n) is 3.98. The maximum Gasteiger partial charge on any atom is 0.356 e. The first kappa shape index (κ1) is 15.3. The smallest absolute Gasteiger partial charge is 0.356 e. The molecule has 0 unspecified atom stereocenters. The maximum atomic E-state index is 10.7. The third kappa shape index (κ3) is 3.77. The number of aromatic nitrogens is 2. The molecule has 1 aliphatic heterocycles. The monoisotopic (exact) mass is 313 g/mol. The number of piperidine rings is 1. The highest BCUT2D eigenvalue weighted by Gasteiger charge is 2.21. The van der Waals surface area contributed by atoms with Gasteiger partial charge in [0, 0.05) is 31.6 Å². The lowest BCUT2D eigenvalue weighted by molar-refractivity contribution is 0.0689. The molecule has 0 bridgehead atoms. The van der Waals surface area contributed by atoms with E-state index in [2.05, 4.69) is 46.1 Å². The summed E-state index contributed by atoms with van der Waals surface area (Å²) in [5, 5.41) is 8.80. The molecular weight excluding hydrogens is 294 g/mol. The Balaban J connectivity index is 1.54. The number of anilines is 1. The molecule has 0 aliphatic carbocycles. The second kappa shape index (κ2) is 6.64. The number of benzene rings is 1. The summed E-state index contributed by atoms with van der Waals surface area (Å²) in [6, 6.07) is 8.54. The largest absolute Gasteiger partial charge is 0.476 e. The van der Waals surface area contributed by atoms with Gasteiger partial charge < -0.3 is 14.7 Å². The molecule has 0 spiro atoms. The fourth-order valence-electron chi connectivity index (χ4n) is 2.65. The summed E-state index contributed by atoms with van der Waals surface area (Å²) in [6.07, 6.45) is 4.48. The number of aryl methyl sites for hydroxylation is 1. The van der Waals surface area contributed by atoms with Crippen LogP contribution in [0.15, 0.2) is 36.7 Å². The Hall–Kier alpha value is -2.63. The van der Waals surface area contributed by atoms with Crippen molar-refractivity contribution < 1.29 is 14.6 Å². The van der Waals surface area contributed by atoms with Crippen LogP contribution in [0.3, 0.4) is 0 Å². The minimum Gasteiger partial charge on any atom is -0.476 e. The van der Waals surface area contributed by atoms with E-state index in [0.717, 1.165) is 25.9 Å². The first-order valence-corrected chi connectivity index (χ1v) is 7.65. The summed E-state index contributed by atoms with van der Waals surface area (Å²) < 4.78 is 5.80. The number of hydrogen-bond acceptors (Lipinski definition) is 5. The lowest BCUT2D eigenvalue weighted by Crippen LogP contribution is -2.38. The molecule has 2 heterocycles. The molecular formula is C17H19N3O3. The van der Waals surface area contributed by atoms with Gasteiger partial charge in [0.15, 0.2) is 5.69 Å². The summed E-state index contributed by atoms with van der Waals surface area (Å²) in [4.78, 5) is 20.9. The molecule has 2 aromatic rings. The molecule has 1 fully saturated rings. The Morgan fingerprint density at radius 1 is 1.17 bits per heavy atom. The van der Waals surface area contributed by atoms with E-state index in [0.29, 0.717) is 5.88 Å². The fraction of sp³-hybridized carbons (Fsp3) is 0.353. The first-order valence-electron chi connectivity index (χ1n) is 7.65. The first-order chi connectivity index (χ1) is 11.1. The zero-order chi connectivity index (χ0) is 16.2. The molecule has 0 atom stereocenters. The van der Waals surface area contributed by atoms with E-state index in [1.54, 1.807) is 0 Å². The minimum absolute atomic E-state index is 0.0773. The van der Waals surface area contributed by atoms with Crippen LogP contribution in [-0.4, -0.2) is 40.2 Å². The predicted octanol–water partition coefficient (Wildman–Crippen LogP) is 2.53. The number of carbonyl (C=O) groups is 1. The molecule has 6 heteroatoms. The normalized spacial score (nSPS) is 15.4. The number of hydrogen-bond donors (Lipinski definition) is 1. The topological polar surface area (TPSA) is 75.5 Å². The lowest BCUT2D eigenvalue weighted by atomic mass is 10.1. The summed E-state index contributed by atoms with van der Waals surface area (Å²) >= 11 is 0. The van der Waals surface area contributed by atoms with Crippen LogP contribution in [0.25, 0.3) is 0 Å². The Kier molecular flexibility index (Phi) is 4.41. The van der Waals surface area contributed by atoms with E-state index in [4.69, 9.17) is 9.84 Å². The van der Waals surface area contributed by atoms with Crippen LogP contribution < -0.4 is 9.64 Å². The van der Waals surface area contributed by atoms with Crippen LogP contribution in [0.5, 0.6) is 5.88 Å². The van der Waals surface area contributed by atoms with Crippen LogP contribution in [-0.2, 0) is 0 Å². The fourth-order valence-corrected chi connectivity index (χ4v) is 2.65. The van der Waals surface area contributed by atoms with Crippen LogP contribution >= 0.6 is 0 Å². The van der Waals surface area contributed by atoms with Crippen molar-refractivity contribution in [3.05, 3.63) is 47.9 Å². The molecule has 1 aromatic heterocycles. The number of ether oxygens (including phenoxy) is 1. The van der Waals surface area contributed by atoms with Crippen LogP contribution in [0, 0.1) is 6.92 Å². The Bertz CT molecular complexity index is 662. The Morgan fingerprint density at radius 3 is 2.43 bits per heavy atom. The van der Waals surface area contributed by atoms with Gasteiger partial charge in [-0.15, -0.1) is 0 Å². The van der Waals surface area contributed by atoms with Crippen LogP contribution in [0.1, 0.15) is 28.9 Å². The standard InChI is InChI=1S/C17H19N3O3/c1-12-2-4-13(5-3-12)20-8-6-14(7-9-20)23-16-11-18-15(10-19-16)17(21)22/h2-5,10-11,14H,6-9H2,1H3,(H,21,22). The van der Waals surface area contributed by atoms with E-state index >= 15 is 0 Å². The summed E-state index contributed by atoms with van der Waals surface area (Å²) in [5.74, 6) is -0.709. The van der Waals surface area contributed by atoms with Gasteiger partial charge in [0.2, 0.25) is 5.88 Å². The van der Waals surface area contributed by atoms with Crippen molar-refractivity contribution in [2.45, 2.75) is 25.9 Å². The molecule has 0 amide bonds. The van der Waals surface area contributed by atoms with Gasteiger partial charge in [-0.05, 0) is 19.1 Å². The van der Waals surface area contributed by atoms with Gasteiger partial charge >= 0.3 is 5.97 Å². The quantitative estimate of drug-likeness (QED) is 0.935. The second-order valence-corrected chi connectivity index (χ2v) is 5.68. The summed E-state index contributed by atoms with van der Waals surface area (Å²) in [7, 11) is 0. The van der Waals surface area contributed by atoms with Crippen molar-refractivity contribution in [2.24, 2.45) is 0 Å². The van der Waals surface area contributed by atoms with Crippen molar-refractivity contribution in [1.82, 2.24) is 9.97 Å². The summed E-state index contributed by atoms with van der Waals surface area (Å²) in [6.45, 7) is 3.93. The van der Waals surface area contributed by atoms with Crippen molar-refractivity contribution >= 4 is 11.7 Å². The third-order valence-corrected chi connectivity index (χ3v) is 3.98. The van der Waals surface area contributed by atoms with Gasteiger partial charge in [-0.1, -0.05) is 17.7 Å². The van der Waals surface area contributed by atoms with Gasteiger partial charge in [0.05, 0.1) is 12.4 Å². The molecule has 3 rings (SSSR count). The van der Waals surface area contributed by atoms with Gasteiger partial charge in [-0.25, -0.2) is 14.8 Å². The highest BCUT2D eigenvalue weighted by atomic mass is 16.5. The number of aromatic carboxylic acids is 1. The van der Waals surface area contributed by atoms with E-state index < -0.39 is 5.97 Å². The second-order valence-electron chi connectivity index (χ2n) is 5.68. The number of nitrogens with zero attached hydrogens (tertiary/aromatic N) is 3. The number of rotatable bonds is 4. The SMILES string of the molecule is Cc1ccc(N2CCC(Oc3cnc(C(=O)O)cn3)CC2)cc1. The minimum atomic E-state index is -1.09. The van der Waals surface area contributed by atoms with Gasteiger partial charge in [0.25, 0.3) is 0 Å². The predicted molar refractivity (Wildman–Crippen MR) is 86.0 cm³/mol. The van der Waals surface area contributed by atoms with Crippen molar-refractivity contribution in [3.8, 4) is 5.88 Å². The zero-order valence-electron chi connectivity index (χ0n) is 13.0. The zero-order valence-corrected chi connectivity index (χ0v) is 13.0. The van der Waals surface area contributed by atoms with Crippen LogP contribution in [0.2, 0.25) is 0 Å². The number of carboxylic acids is 1. The maximum absolute atomic E-state index is 10.7. The van der Waals surface area contributed by atoms with Crippen LogP contribution in [0.4, 0.5) is 5.69 Å². The van der Waals surface area contributed by atoms with Crippen molar-refractivity contribution in [2.75, 3.05) is 18.0 Å². The average Bonchev–Trinajstić information content (AvgIpc) is 2.57. The van der Waals surface area contributed by atoms with Gasteiger partial charge in [0.1, 0.15) is 6.10 Å².